The van der Waals surface area contributed by atoms with E-state index in [2.05, 4.69) is 21.2 Å². The standard InChI is InChI=1S/C22H20BrNO2/c1-16(18-7-3-2-4-8-18)24-22(25)19-9-5-6-17(14-19)15-26-21-12-10-20(23)11-13-21/h2-14,16H,15H2,1H3,(H,24,25)/t16-/m1/s1. The molecule has 0 saturated heterocycles. The average molecular weight is 410 g/mol. The Kier molecular flexibility index (Phi) is 6.08. The summed E-state index contributed by atoms with van der Waals surface area (Å²) < 4.78 is 6.79. The number of ether oxygens (including phenoxy) is 1. The van der Waals surface area contributed by atoms with Crippen LogP contribution < -0.4 is 10.1 Å². The molecule has 26 heavy (non-hydrogen) atoms. The minimum Gasteiger partial charge on any atom is -0.489 e. The number of amides is 1. The van der Waals surface area contributed by atoms with Gasteiger partial charge in [0.2, 0.25) is 0 Å². The first kappa shape index (κ1) is 18.2. The van der Waals surface area contributed by atoms with Crippen molar-refractivity contribution in [3.63, 3.8) is 0 Å². The van der Waals surface area contributed by atoms with E-state index in [1.165, 1.54) is 0 Å². The van der Waals surface area contributed by atoms with Gasteiger partial charge in [-0.2, -0.15) is 0 Å². The van der Waals surface area contributed by atoms with Crippen LogP contribution in [0.15, 0.2) is 83.3 Å². The van der Waals surface area contributed by atoms with E-state index in [-0.39, 0.29) is 11.9 Å². The van der Waals surface area contributed by atoms with Crippen LogP contribution in [0.4, 0.5) is 0 Å². The van der Waals surface area contributed by atoms with Crippen molar-refractivity contribution in [3.8, 4) is 5.75 Å². The van der Waals surface area contributed by atoms with Gasteiger partial charge < -0.3 is 10.1 Å². The van der Waals surface area contributed by atoms with Crippen LogP contribution in [0.5, 0.6) is 5.75 Å². The fourth-order valence-electron chi connectivity index (χ4n) is 2.60. The van der Waals surface area contributed by atoms with Crippen LogP contribution in [0.3, 0.4) is 0 Å². The van der Waals surface area contributed by atoms with Gasteiger partial charge in [0.25, 0.3) is 5.91 Å². The summed E-state index contributed by atoms with van der Waals surface area (Å²) in [4.78, 5) is 12.5. The van der Waals surface area contributed by atoms with E-state index < -0.39 is 0 Å². The molecule has 3 aromatic carbocycles. The second-order valence-electron chi connectivity index (χ2n) is 6.05. The zero-order chi connectivity index (χ0) is 18.4. The summed E-state index contributed by atoms with van der Waals surface area (Å²) in [5, 5.41) is 3.03. The summed E-state index contributed by atoms with van der Waals surface area (Å²) >= 11 is 3.40. The van der Waals surface area contributed by atoms with Gasteiger partial charge in [0, 0.05) is 10.0 Å². The summed E-state index contributed by atoms with van der Waals surface area (Å²) in [5.74, 6) is 0.701. The highest BCUT2D eigenvalue weighted by atomic mass is 79.9. The fraction of sp³-hybridized carbons (Fsp3) is 0.136. The van der Waals surface area contributed by atoms with E-state index in [0.29, 0.717) is 12.2 Å². The van der Waals surface area contributed by atoms with Gasteiger partial charge in [0.15, 0.2) is 0 Å². The molecule has 0 heterocycles. The van der Waals surface area contributed by atoms with Gasteiger partial charge in [-0.15, -0.1) is 0 Å². The lowest BCUT2D eigenvalue weighted by Crippen LogP contribution is -2.26. The Bertz CT molecular complexity index is 863. The highest BCUT2D eigenvalue weighted by Gasteiger charge is 2.11. The molecule has 132 valence electrons. The quantitative estimate of drug-likeness (QED) is 0.581. The van der Waals surface area contributed by atoms with Gasteiger partial charge in [-0.25, -0.2) is 0 Å². The Hall–Kier alpha value is -2.59. The lowest BCUT2D eigenvalue weighted by Gasteiger charge is -2.15. The maximum atomic E-state index is 12.5. The van der Waals surface area contributed by atoms with Crippen molar-refractivity contribution in [3.05, 3.63) is 100 Å². The van der Waals surface area contributed by atoms with Crippen LogP contribution in [0.2, 0.25) is 0 Å². The van der Waals surface area contributed by atoms with Crippen molar-refractivity contribution >= 4 is 21.8 Å². The lowest BCUT2D eigenvalue weighted by atomic mass is 10.1. The molecule has 0 aliphatic carbocycles. The summed E-state index contributed by atoms with van der Waals surface area (Å²) in [7, 11) is 0. The van der Waals surface area contributed by atoms with E-state index in [1.54, 1.807) is 0 Å². The molecule has 0 radical (unpaired) electrons. The Balaban J connectivity index is 1.62. The topological polar surface area (TPSA) is 38.3 Å². The molecule has 3 nitrogen and oxygen atoms in total. The van der Waals surface area contributed by atoms with Crippen molar-refractivity contribution in [2.75, 3.05) is 0 Å². The average Bonchev–Trinajstić information content (AvgIpc) is 2.68. The highest BCUT2D eigenvalue weighted by molar-refractivity contribution is 9.10. The van der Waals surface area contributed by atoms with Gasteiger partial charge in [-0.3, -0.25) is 4.79 Å². The zero-order valence-corrected chi connectivity index (χ0v) is 16.1. The van der Waals surface area contributed by atoms with Crippen molar-refractivity contribution < 1.29 is 9.53 Å². The predicted octanol–water partition coefficient (Wildman–Crippen LogP) is 5.52. The Labute approximate surface area is 162 Å². The second kappa shape index (κ2) is 8.68. The molecule has 0 aliphatic heterocycles. The number of rotatable bonds is 6. The van der Waals surface area contributed by atoms with Gasteiger partial charge >= 0.3 is 0 Å². The number of nitrogens with one attached hydrogen (secondary N) is 1. The molecule has 4 heteroatoms. The lowest BCUT2D eigenvalue weighted by molar-refractivity contribution is 0.0939. The molecule has 0 fully saturated rings. The predicted molar refractivity (Wildman–Crippen MR) is 107 cm³/mol. The number of hydrogen-bond donors (Lipinski definition) is 1. The Morgan fingerprint density at radius 1 is 1.00 bits per heavy atom. The van der Waals surface area contributed by atoms with E-state index >= 15 is 0 Å². The van der Waals surface area contributed by atoms with Crippen LogP contribution >= 0.6 is 15.9 Å². The van der Waals surface area contributed by atoms with Crippen LogP contribution in [-0.2, 0) is 6.61 Å². The second-order valence-corrected chi connectivity index (χ2v) is 6.96. The summed E-state index contributed by atoms with van der Waals surface area (Å²) in [6.45, 7) is 2.39. The van der Waals surface area contributed by atoms with E-state index in [4.69, 9.17) is 4.74 Å². The first-order valence-electron chi connectivity index (χ1n) is 8.45. The molecule has 0 unspecified atom stereocenters. The molecule has 1 N–H and O–H groups in total. The number of carbonyl (C=O) groups excluding carboxylic acids is 1. The summed E-state index contributed by atoms with van der Waals surface area (Å²) in [6, 6.07) is 25.1. The molecule has 1 atom stereocenters. The van der Waals surface area contributed by atoms with E-state index in [1.807, 2.05) is 85.8 Å². The number of carbonyl (C=O) groups is 1. The summed E-state index contributed by atoms with van der Waals surface area (Å²) in [6.07, 6.45) is 0. The molecule has 0 aromatic heterocycles. The minimum atomic E-state index is -0.0909. The van der Waals surface area contributed by atoms with Crippen molar-refractivity contribution in [1.82, 2.24) is 5.32 Å². The fourth-order valence-corrected chi connectivity index (χ4v) is 2.87. The maximum absolute atomic E-state index is 12.5. The molecular weight excluding hydrogens is 390 g/mol. The molecule has 3 aromatic rings. The van der Waals surface area contributed by atoms with Crippen molar-refractivity contribution in [2.24, 2.45) is 0 Å². The Morgan fingerprint density at radius 3 is 2.46 bits per heavy atom. The van der Waals surface area contributed by atoms with Crippen molar-refractivity contribution in [2.45, 2.75) is 19.6 Å². The van der Waals surface area contributed by atoms with E-state index in [9.17, 15) is 4.79 Å². The molecule has 0 aliphatic rings. The molecule has 0 spiro atoms. The number of halogens is 1. The molecule has 3 rings (SSSR count). The smallest absolute Gasteiger partial charge is 0.251 e. The summed E-state index contributed by atoms with van der Waals surface area (Å²) in [5.41, 5.74) is 2.66. The molecule has 1 amide bonds. The highest BCUT2D eigenvalue weighted by Crippen LogP contribution is 2.18. The monoisotopic (exact) mass is 409 g/mol. The third kappa shape index (κ3) is 4.96. The number of benzene rings is 3. The largest absolute Gasteiger partial charge is 0.489 e. The van der Waals surface area contributed by atoms with Gasteiger partial charge in [-0.05, 0) is 54.4 Å². The van der Waals surface area contributed by atoms with Gasteiger partial charge in [-0.1, -0.05) is 58.4 Å². The Morgan fingerprint density at radius 2 is 1.73 bits per heavy atom. The van der Waals surface area contributed by atoms with Gasteiger partial charge in [0.05, 0.1) is 6.04 Å². The number of hydrogen-bond acceptors (Lipinski definition) is 2. The molecule has 0 saturated carbocycles. The van der Waals surface area contributed by atoms with Crippen LogP contribution in [-0.4, -0.2) is 5.91 Å². The SMILES string of the molecule is C[C@@H](NC(=O)c1cccc(COc2ccc(Br)cc2)c1)c1ccccc1. The third-order valence-electron chi connectivity index (χ3n) is 4.06. The first-order valence-corrected chi connectivity index (χ1v) is 9.24. The van der Waals surface area contributed by atoms with Crippen molar-refractivity contribution in [1.29, 1.82) is 0 Å². The maximum Gasteiger partial charge on any atom is 0.251 e. The van der Waals surface area contributed by atoms with Crippen LogP contribution in [0, 0.1) is 0 Å². The first-order chi connectivity index (χ1) is 12.6. The van der Waals surface area contributed by atoms with Crippen LogP contribution in [0.1, 0.15) is 34.5 Å². The van der Waals surface area contributed by atoms with Crippen LogP contribution in [0.25, 0.3) is 0 Å². The normalized spacial score (nSPS) is 11.6. The van der Waals surface area contributed by atoms with E-state index in [0.717, 1.165) is 21.3 Å². The minimum absolute atomic E-state index is 0.0497. The third-order valence-corrected chi connectivity index (χ3v) is 4.58. The zero-order valence-electron chi connectivity index (χ0n) is 14.5. The van der Waals surface area contributed by atoms with Gasteiger partial charge in [0.1, 0.15) is 12.4 Å². The molecule has 0 bridgehead atoms. The molecular formula is C22H20BrNO2.